The van der Waals surface area contributed by atoms with E-state index in [0.717, 1.165) is 5.56 Å². The van der Waals surface area contributed by atoms with E-state index in [0.29, 0.717) is 22.5 Å². The fraction of sp³-hybridized carbons (Fsp3) is 0.133. The average Bonchev–Trinajstić information content (AvgIpc) is 2.48. The summed E-state index contributed by atoms with van der Waals surface area (Å²) in [6.45, 7) is 0.355. The van der Waals surface area contributed by atoms with Crippen LogP contribution in [0, 0.1) is 17.1 Å². The zero-order chi connectivity index (χ0) is 15.4. The van der Waals surface area contributed by atoms with Gasteiger partial charge in [-0.05, 0) is 45.8 Å². The molecule has 0 saturated carbocycles. The molecule has 6 heteroatoms. The second kappa shape index (κ2) is 6.46. The van der Waals surface area contributed by atoms with Crippen molar-refractivity contribution in [2.75, 3.05) is 12.4 Å². The third-order valence-electron chi connectivity index (χ3n) is 2.92. The quantitative estimate of drug-likeness (QED) is 0.880. The lowest BCUT2D eigenvalue weighted by Crippen LogP contribution is -2.03. The Hall–Kier alpha value is -2.26. The number of anilines is 1. The predicted molar refractivity (Wildman–Crippen MR) is 80.8 cm³/mol. The lowest BCUT2D eigenvalue weighted by Gasteiger charge is -2.11. The molecule has 0 heterocycles. The van der Waals surface area contributed by atoms with Gasteiger partial charge in [-0.15, -0.1) is 0 Å². The van der Waals surface area contributed by atoms with Crippen LogP contribution in [0.25, 0.3) is 0 Å². The Morgan fingerprint density at radius 2 is 2.19 bits per heavy atom. The summed E-state index contributed by atoms with van der Waals surface area (Å²) in [6.07, 6.45) is 0. The van der Waals surface area contributed by atoms with Gasteiger partial charge < -0.3 is 15.2 Å². The van der Waals surface area contributed by atoms with E-state index in [-0.39, 0.29) is 11.3 Å². The highest BCUT2D eigenvalue weighted by molar-refractivity contribution is 9.10. The molecule has 2 rings (SSSR count). The van der Waals surface area contributed by atoms with E-state index in [1.165, 1.54) is 19.2 Å². The maximum atomic E-state index is 13.5. The molecule has 0 bridgehead atoms. The zero-order valence-electron chi connectivity index (χ0n) is 11.2. The molecule has 0 aromatic heterocycles. The molecule has 0 amide bonds. The molecule has 4 nitrogen and oxygen atoms in total. The molecule has 2 aromatic rings. The van der Waals surface area contributed by atoms with Crippen LogP contribution in [0.4, 0.5) is 10.1 Å². The van der Waals surface area contributed by atoms with Gasteiger partial charge in [-0.1, -0.05) is 6.07 Å². The second-order valence-electron chi connectivity index (χ2n) is 4.26. The van der Waals surface area contributed by atoms with Crippen LogP contribution in [-0.2, 0) is 6.54 Å². The number of hydrogen-bond donors (Lipinski definition) is 2. The normalized spacial score (nSPS) is 10.0. The van der Waals surface area contributed by atoms with Crippen molar-refractivity contribution < 1.29 is 14.2 Å². The van der Waals surface area contributed by atoms with Crippen molar-refractivity contribution >= 4 is 21.6 Å². The van der Waals surface area contributed by atoms with Gasteiger partial charge in [0, 0.05) is 6.54 Å². The van der Waals surface area contributed by atoms with Gasteiger partial charge in [0.05, 0.1) is 17.3 Å². The summed E-state index contributed by atoms with van der Waals surface area (Å²) in [4.78, 5) is 0. The smallest absolute Gasteiger partial charge is 0.172 e. The first-order valence-electron chi connectivity index (χ1n) is 6.04. The Labute approximate surface area is 129 Å². The molecule has 21 heavy (non-hydrogen) atoms. The van der Waals surface area contributed by atoms with Crippen molar-refractivity contribution in [3.63, 3.8) is 0 Å². The van der Waals surface area contributed by atoms with E-state index in [9.17, 15) is 9.50 Å². The number of rotatable bonds is 4. The van der Waals surface area contributed by atoms with Crippen LogP contribution in [0.1, 0.15) is 11.1 Å². The molecule has 0 unspecified atom stereocenters. The van der Waals surface area contributed by atoms with Crippen molar-refractivity contribution in [2.45, 2.75) is 6.54 Å². The van der Waals surface area contributed by atoms with Crippen molar-refractivity contribution in [3.8, 4) is 17.6 Å². The van der Waals surface area contributed by atoms with Crippen molar-refractivity contribution in [3.05, 3.63) is 51.7 Å². The number of aromatic hydroxyl groups is 1. The molecule has 0 aliphatic carbocycles. The maximum absolute atomic E-state index is 13.5. The van der Waals surface area contributed by atoms with E-state index in [1.54, 1.807) is 18.2 Å². The first kappa shape index (κ1) is 15.1. The lowest BCUT2D eigenvalue weighted by atomic mass is 10.1. The molecule has 2 aromatic carbocycles. The number of benzene rings is 2. The van der Waals surface area contributed by atoms with Crippen LogP contribution in [0.5, 0.6) is 11.5 Å². The fourth-order valence-electron chi connectivity index (χ4n) is 1.87. The minimum absolute atomic E-state index is 0.0183. The van der Waals surface area contributed by atoms with E-state index in [2.05, 4.69) is 21.2 Å². The number of nitrogens with zero attached hydrogens (tertiary/aromatic N) is 1. The molecule has 0 atom stereocenters. The number of nitrogens with one attached hydrogen (secondary N) is 1. The molecule has 0 fully saturated rings. The summed E-state index contributed by atoms with van der Waals surface area (Å²) in [5.41, 5.74) is 1.20. The topological polar surface area (TPSA) is 65.3 Å². The van der Waals surface area contributed by atoms with E-state index < -0.39 is 5.82 Å². The minimum Gasteiger partial charge on any atom is -0.503 e. The van der Waals surface area contributed by atoms with Gasteiger partial charge in [0.1, 0.15) is 17.4 Å². The van der Waals surface area contributed by atoms with Crippen molar-refractivity contribution in [1.82, 2.24) is 0 Å². The van der Waals surface area contributed by atoms with Crippen molar-refractivity contribution in [1.29, 1.82) is 5.26 Å². The molecule has 0 radical (unpaired) electrons. The summed E-state index contributed by atoms with van der Waals surface area (Å²) in [5.74, 6) is -0.211. The zero-order valence-corrected chi connectivity index (χ0v) is 12.7. The number of phenolic OH excluding ortho intramolecular Hbond substituents is 1. The van der Waals surface area contributed by atoms with Crippen LogP contribution < -0.4 is 10.1 Å². The summed E-state index contributed by atoms with van der Waals surface area (Å²) in [7, 11) is 1.46. The number of ether oxygens (including phenoxy) is 1. The van der Waals surface area contributed by atoms with Gasteiger partial charge in [-0.3, -0.25) is 0 Å². The maximum Gasteiger partial charge on any atom is 0.172 e. The Morgan fingerprint density at radius 1 is 1.43 bits per heavy atom. The van der Waals surface area contributed by atoms with Gasteiger partial charge in [0.2, 0.25) is 0 Å². The molecule has 0 aliphatic heterocycles. The summed E-state index contributed by atoms with van der Waals surface area (Å²) < 4.78 is 19.0. The van der Waals surface area contributed by atoms with Crippen LogP contribution in [0.3, 0.4) is 0 Å². The van der Waals surface area contributed by atoms with E-state index in [4.69, 9.17) is 10.00 Å². The Balaban J connectivity index is 2.23. The summed E-state index contributed by atoms with van der Waals surface area (Å²) in [6, 6.07) is 9.62. The number of methoxy groups -OCH3 is 1. The van der Waals surface area contributed by atoms with Crippen LogP contribution in [0.15, 0.2) is 34.8 Å². The van der Waals surface area contributed by atoms with Gasteiger partial charge in [-0.2, -0.15) is 5.26 Å². The molecule has 108 valence electrons. The SMILES string of the molecule is COc1cc(CNc2cccc(F)c2C#N)cc(Br)c1O. The summed E-state index contributed by atoms with van der Waals surface area (Å²) >= 11 is 3.23. The van der Waals surface area contributed by atoms with E-state index >= 15 is 0 Å². The molecular weight excluding hydrogens is 339 g/mol. The average molecular weight is 351 g/mol. The molecule has 0 saturated heterocycles. The first-order valence-corrected chi connectivity index (χ1v) is 6.84. The van der Waals surface area contributed by atoms with E-state index in [1.807, 2.05) is 6.07 Å². The van der Waals surface area contributed by atoms with Gasteiger partial charge in [0.15, 0.2) is 11.5 Å². The Morgan fingerprint density at radius 3 is 2.86 bits per heavy atom. The van der Waals surface area contributed by atoms with Crippen LogP contribution in [-0.4, -0.2) is 12.2 Å². The largest absolute Gasteiger partial charge is 0.503 e. The van der Waals surface area contributed by atoms with Crippen LogP contribution >= 0.6 is 15.9 Å². The molecule has 0 spiro atoms. The molecular formula is C15H12BrFN2O2. The van der Waals surface area contributed by atoms with Gasteiger partial charge in [0.25, 0.3) is 0 Å². The van der Waals surface area contributed by atoms with Gasteiger partial charge in [-0.25, -0.2) is 4.39 Å². The number of halogens is 2. The number of nitriles is 1. The summed E-state index contributed by atoms with van der Waals surface area (Å²) in [5, 5.41) is 21.7. The third-order valence-corrected chi connectivity index (χ3v) is 3.52. The standard InChI is InChI=1S/C15H12BrFN2O2/c1-21-14-6-9(5-11(16)15(14)20)8-19-13-4-2-3-12(17)10(13)7-18/h2-6,19-20H,8H2,1H3. The number of phenols is 1. The Bertz CT molecular complexity index is 714. The monoisotopic (exact) mass is 350 g/mol. The fourth-order valence-corrected chi connectivity index (χ4v) is 2.36. The minimum atomic E-state index is -0.563. The highest BCUT2D eigenvalue weighted by Crippen LogP contribution is 2.35. The third kappa shape index (κ3) is 3.26. The van der Waals surface area contributed by atoms with Crippen molar-refractivity contribution in [2.24, 2.45) is 0 Å². The number of hydrogen-bond acceptors (Lipinski definition) is 4. The Kier molecular flexibility index (Phi) is 4.66. The lowest BCUT2D eigenvalue weighted by molar-refractivity contribution is 0.371. The van der Waals surface area contributed by atoms with Gasteiger partial charge >= 0.3 is 0 Å². The highest BCUT2D eigenvalue weighted by Gasteiger charge is 2.10. The molecule has 2 N–H and O–H groups in total. The van der Waals surface area contributed by atoms with Crippen LogP contribution in [0.2, 0.25) is 0 Å². The second-order valence-corrected chi connectivity index (χ2v) is 5.11. The predicted octanol–water partition coefficient (Wildman–Crippen LogP) is 3.79. The first-order chi connectivity index (χ1) is 10.1. The highest BCUT2D eigenvalue weighted by atomic mass is 79.9. The molecule has 0 aliphatic rings.